The average molecular weight is 283 g/mol. The van der Waals surface area contributed by atoms with Crippen LogP contribution in [-0.2, 0) is 10.8 Å². The topological polar surface area (TPSA) is 38.3 Å². The number of rotatable bonds is 8. The second-order valence-corrected chi connectivity index (χ2v) is 6.89. The summed E-state index contributed by atoms with van der Waals surface area (Å²) in [5, 5.41) is 3.43. The van der Waals surface area contributed by atoms with E-state index < -0.39 is 10.8 Å². The maximum absolute atomic E-state index is 11.9. The number of hydrogen-bond donors (Lipinski definition) is 1. The molecular formula is C15H25NO2S. The highest BCUT2D eigenvalue weighted by atomic mass is 32.2. The number of hydrogen-bond acceptors (Lipinski definition) is 3. The molecule has 0 saturated carbocycles. The molecular weight excluding hydrogens is 258 g/mol. The van der Waals surface area contributed by atoms with Crippen LogP contribution in [0, 0.1) is 0 Å². The van der Waals surface area contributed by atoms with Crippen LogP contribution >= 0.6 is 0 Å². The number of nitrogens with one attached hydrogen (secondary N) is 1. The van der Waals surface area contributed by atoms with E-state index in [1.807, 2.05) is 45.2 Å². The molecule has 4 heteroatoms. The van der Waals surface area contributed by atoms with Crippen molar-refractivity contribution in [2.45, 2.75) is 38.5 Å². The number of benzene rings is 1. The molecule has 1 aromatic carbocycles. The summed E-state index contributed by atoms with van der Waals surface area (Å²) in [5.41, 5.74) is 1.15. The van der Waals surface area contributed by atoms with Crippen molar-refractivity contribution < 1.29 is 8.95 Å². The summed E-state index contributed by atoms with van der Waals surface area (Å²) in [5.74, 6) is 1.54. The molecule has 1 N–H and O–H groups in total. The third-order valence-electron chi connectivity index (χ3n) is 2.96. The summed E-state index contributed by atoms with van der Waals surface area (Å²) in [6.45, 7) is 6.81. The van der Waals surface area contributed by atoms with E-state index in [1.165, 1.54) is 0 Å². The largest absolute Gasteiger partial charge is 0.494 e. The van der Waals surface area contributed by atoms with E-state index in [0.717, 1.165) is 24.3 Å². The highest BCUT2D eigenvalue weighted by Crippen LogP contribution is 2.19. The van der Waals surface area contributed by atoms with E-state index in [-0.39, 0.29) is 11.3 Å². The standard InChI is InChI=1S/C15H25NO2S/c1-5-10-18-14-8-6-13(7-9-14)15(16-4)11-19(17)12(2)3/h6-9,12,15-16H,5,10-11H2,1-4H3. The van der Waals surface area contributed by atoms with E-state index in [4.69, 9.17) is 4.74 Å². The summed E-state index contributed by atoms with van der Waals surface area (Å²) in [6, 6.07) is 8.18. The highest BCUT2D eigenvalue weighted by Gasteiger charge is 2.15. The smallest absolute Gasteiger partial charge is 0.119 e. The van der Waals surface area contributed by atoms with Gasteiger partial charge in [-0.2, -0.15) is 0 Å². The zero-order valence-electron chi connectivity index (χ0n) is 12.3. The molecule has 0 bridgehead atoms. The van der Waals surface area contributed by atoms with Crippen molar-refractivity contribution in [2.24, 2.45) is 0 Å². The predicted molar refractivity (Wildman–Crippen MR) is 82.2 cm³/mol. The summed E-state index contributed by atoms with van der Waals surface area (Å²) >= 11 is 0. The molecule has 19 heavy (non-hydrogen) atoms. The lowest BCUT2D eigenvalue weighted by Gasteiger charge is -2.18. The van der Waals surface area contributed by atoms with Crippen LogP contribution in [0.2, 0.25) is 0 Å². The molecule has 0 amide bonds. The molecule has 0 radical (unpaired) electrons. The Hall–Kier alpha value is -0.870. The van der Waals surface area contributed by atoms with Crippen LogP contribution in [-0.4, -0.2) is 28.9 Å². The fraction of sp³-hybridized carbons (Fsp3) is 0.600. The molecule has 2 atom stereocenters. The Morgan fingerprint density at radius 1 is 1.26 bits per heavy atom. The van der Waals surface area contributed by atoms with Crippen molar-refractivity contribution in [3.05, 3.63) is 29.8 Å². The van der Waals surface area contributed by atoms with Gasteiger partial charge < -0.3 is 10.1 Å². The molecule has 2 unspecified atom stereocenters. The van der Waals surface area contributed by atoms with Gasteiger partial charge in [0.25, 0.3) is 0 Å². The van der Waals surface area contributed by atoms with Gasteiger partial charge in [0.2, 0.25) is 0 Å². The first-order valence-electron chi connectivity index (χ1n) is 6.85. The molecule has 0 fully saturated rings. The van der Waals surface area contributed by atoms with E-state index in [0.29, 0.717) is 5.75 Å². The van der Waals surface area contributed by atoms with Crippen LogP contribution in [0.25, 0.3) is 0 Å². The summed E-state index contributed by atoms with van der Waals surface area (Å²) < 4.78 is 17.5. The van der Waals surface area contributed by atoms with Gasteiger partial charge >= 0.3 is 0 Å². The molecule has 108 valence electrons. The second-order valence-electron chi connectivity index (χ2n) is 4.85. The van der Waals surface area contributed by atoms with Gasteiger partial charge in [0.05, 0.1) is 6.61 Å². The van der Waals surface area contributed by atoms with E-state index in [9.17, 15) is 4.21 Å². The summed E-state index contributed by atoms with van der Waals surface area (Å²) in [4.78, 5) is 0. The summed E-state index contributed by atoms with van der Waals surface area (Å²) in [7, 11) is 1.10. The first kappa shape index (κ1) is 16.2. The Labute approximate surface area is 119 Å². The maximum atomic E-state index is 11.9. The Kier molecular flexibility index (Phi) is 7.10. The highest BCUT2D eigenvalue weighted by molar-refractivity contribution is 7.85. The molecule has 0 heterocycles. The lowest BCUT2D eigenvalue weighted by molar-refractivity contribution is 0.317. The lowest BCUT2D eigenvalue weighted by Crippen LogP contribution is -2.25. The Morgan fingerprint density at radius 2 is 1.89 bits per heavy atom. The third kappa shape index (κ3) is 5.33. The summed E-state index contributed by atoms with van der Waals surface area (Å²) in [6.07, 6.45) is 1.01. The molecule has 0 aliphatic heterocycles. The Bertz CT molecular complexity index is 390. The molecule has 0 aliphatic rings. The zero-order chi connectivity index (χ0) is 14.3. The minimum Gasteiger partial charge on any atom is -0.494 e. The van der Waals surface area contributed by atoms with Crippen molar-refractivity contribution in [1.29, 1.82) is 0 Å². The maximum Gasteiger partial charge on any atom is 0.119 e. The first-order valence-corrected chi connectivity index (χ1v) is 8.23. The molecule has 0 spiro atoms. The van der Waals surface area contributed by atoms with Crippen LogP contribution in [0.1, 0.15) is 38.8 Å². The van der Waals surface area contributed by atoms with Gasteiger partial charge in [-0.25, -0.2) is 0 Å². The molecule has 0 aromatic heterocycles. The van der Waals surface area contributed by atoms with Crippen molar-refractivity contribution in [2.75, 3.05) is 19.4 Å². The van der Waals surface area contributed by atoms with E-state index >= 15 is 0 Å². The zero-order valence-corrected chi connectivity index (χ0v) is 13.1. The van der Waals surface area contributed by atoms with Gasteiger partial charge in [-0.15, -0.1) is 0 Å². The first-order chi connectivity index (χ1) is 9.08. The van der Waals surface area contributed by atoms with Crippen LogP contribution in [0.3, 0.4) is 0 Å². The van der Waals surface area contributed by atoms with Gasteiger partial charge in [0.15, 0.2) is 0 Å². The van der Waals surface area contributed by atoms with Gasteiger partial charge in [0, 0.05) is 27.8 Å². The monoisotopic (exact) mass is 283 g/mol. The van der Waals surface area contributed by atoms with E-state index in [2.05, 4.69) is 12.2 Å². The average Bonchev–Trinajstić information content (AvgIpc) is 2.42. The van der Waals surface area contributed by atoms with Crippen LogP contribution < -0.4 is 10.1 Å². The van der Waals surface area contributed by atoms with Gasteiger partial charge in [-0.1, -0.05) is 32.9 Å². The van der Waals surface area contributed by atoms with Crippen molar-refractivity contribution >= 4 is 10.8 Å². The van der Waals surface area contributed by atoms with Crippen LogP contribution in [0.5, 0.6) is 5.75 Å². The molecule has 1 aromatic rings. The van der Waals surface area contributed by atoms with Crippen molar-refractivity contribution in [3.63, 3.8) is 0 Å². The minimum absolute atomic E-state index is 0.128. The molecule has 0 aliphatic carbocycles. The SMILES string of the molecule is CCCOc1ccc(C(CS(=O)C(C)C)NC)cc1. The van der Waals surface area contributed by atoms with Gasteiger partial charge in [-0.05, 0) is 31.2 Å². The van der Waals surface area contributed by atoms with Crippen molar-refractivity contribution in [3.8, 4) is 5.75 Å². The van der Waals surface area contributed by atoms with Crippen LogP contribution in [0.15, 0.2) is 24.3 Å². The fourth-order valence-electron chi connectivity index (χ4n) is 1.72. The van der Waals surface area contributed by atoms with Gasteiger partial charge in [0.1, 0.15) is 5.75 Å². The quantitative estimate of drug-likeness (QED) is 0.797. The lowest BCUT2D eigenvalue weighted by atomic mass is 10.1. The van der Waals surface area contributed by atoms with Gasteiger partial charge in [-0.3, -0.25) is 4.21 Å². The molecule has 0 saturated heterocycles. The molecule has 1 rings (SSSR count). The van der Waals surface area contributed by atoms with Crippen molar-refractivity contribution in [1.82, 2.24) is 5.32 Å². The third-order valence-corrected chi connectivity index (χ3v) is 4.67. The van der Waals surface area contributed by atoms with Crippen LogP contribution in [0.4, 0.5) is 0 Å². The second kappa shape index (κ2) is 8.33. The Morgan fingerprint density at radius 3 is 2.37 bits per heavy atom. The normalized spacial score (nSPS) is 14.4. The predicted octanol–water partition coefficient (Wildman–Crippen LogP) is 2.89. The number of ether oxygens (including phenoxy) is 1. The minimum atomic E-state index is -0.806. The Balaban J connectivity index is 2.68. The fourth-order valence-corrected chi connectivity index (χ4v) is 2.79. The van der Waals surface area contributed by atoms with E-state index in [1.54, 1.807) is 0 Å². The molecule has 3 nitrogen and oxygen atoms in total.